The van der Waals surface area contributed by atoms with Crippen LogP contribution >= 0.6 is 11.3 Å². The van der Waals surface area contributed by atoms with Crippen LogP contribution in [-0.2, 0) is 30.3 Å². The molecule has 3 aromatic heterocycles. The molecule has 5 nitrogen and oxygen atoms in total. The van der Waals surface area contributed by atoms with E-state index in [-0.39, 0.29) is 48.9 Å². The summed E-state index contributed by atoms with van der Waals surface area (Å²) in [6.45, 7) is 14.8. The largest absolute Gasteiger partial charge is 0.512 e. The predicted octanol–water partition coefficient (Wildman–Crippen LogP) is 10.5. The summed E-state index contributed by atoms with van der Waals surface area (Å²) in [5, 5.41) is 15.3. The Hall–Kier alpha value is -3.25. The van der Waals surface area contributed by atoms with E-state index in [1.807, 2.05) is 40.0 Å². The van der Waals surface area contributed by atoms with Crippen molar-refractivity contribution in [2.75, 3.05) is 0 Å². The van der Waals surface area contributed by atoms with E-state index in [0.29, 0.717) is 0 Å². The third-order valence-corrected chi connectivity index (χ3v) is 9.07. The number of pyridine rings is 1. The molecule has 0 bridgehead atoms. The number of thiophene rings is 1. The Bertz CT molecular complexity index is 1750. The van der Waals surface area contributed by atoms with E-state index in [0.717, 1.165) is 63.8 Å². The van der Waals surface area contributed by atoms with Gasteiger partial charge in [0.15, 0.2) is 5.78 Å². The van der Waals surface area contributed by atoms with Crippen molar-refractivity contribution in [3.05, 3.63) is 89.9 Å². The summed E-state index contributed by atoms with van der Waals surface area (Å²) in [5.74, 6) is 0.547. The number of fused-ring (bicyclic) bond motifs is 2. The quantitative estimate of drug-likeness (QED) is 0.0913. The van der Waals surface area contributed by atoms with Gasteiger partial charge in [-0.25, -0.2) is 9.97 Å². The molecule has 0 amide bonds. The molecule has 0 aliphatic heterocycles. The molecule has 0 saturated carbocycles. The van der Waals surface area contributed by atoms with Crippen LogP contribution in [0.15, 0.2) is 78.3 Å². The molecule has 0 spiro atoms. The molecular formula is C38H44IrN3O2S-. The zero-order chi connectivity index (χ0) is 31.9. The van der Waals surface area contributed by atoms with Crippen molar-refractivity contribution in [2.45, 2.75) is 79.6 Å². The van der Waals surface area contributed by atoms with Crippen LogP contribution in [0.4, 0.5) is 0 Å². The van der Waals surface area contributed by atoms with Crippen molar-refractivity contribution in [3.8, 4) is 22.5 Å². The number of hydrogen-bond donors (Lipinski definition) is 1. The first-order valence-corrected chi connectivity index (χ1v) is 16.5. The molecule has 7 heteroatoms. The summed E-state index contributed by atoms with van der Waals surface area (Å²) in [6.07, 6.45) is 8.39. The first-order valence-electron chi connectivity index (χ1n) is 15.7. The van der Waals surface area contributed by atoms with E-state index in [9.17, 15) is 9.90 Å². The molecule has 0 aliphatic carbocycles. The number of hydrogen-bond acceptors (Lipinski definition) is 6. The van der Waals surface area contributed by atoms with E-state index in [1.165, 1.54) is 17.0 Å². The van der Waals surface area contributed by atoms with Gasteiger partial charge in [0.2, 0.25) is 0 Å². The maximum absolute atomic E-state index is 11.7. The number of rotatable bonds is 9. The summed E-state index contributed by atoms with van der Waals surface area (Å²) in [6, 6.07) is 20.4. The number of aliphatic hydroxyl groups is 1. The Kier molecular flexibility index (Phi) is 13.2. The third-order valence-electron chi connectivity index (χ3n) is 8.25. The first kappa shape index (κ1) is 36.2. The Morgan fingerprint density at radius 2 is 1.56 bits per heavy atom. The number of nitrogens with zero attached hydrogens (tertiary/aromatic N) is 3. The minimum Gasteiger partial charge on any atom is -0.512 e. The summed E-state index contributed by atoms with van der Waals surface area (Å²) in [7, 11) is 0. The standard InChI is InChI=1S/C25H20N3S.C13H24O2.Ir/c1-25(2,3)21-13-17(12-16-6-4-5-7-18(16)21)22-14-23(28-15-27-22)19-8-10-26-24-20(19)9-11-29-24;1-5-10(6-2)12(14)9-13(15)11(7-3)8-4;/h4-11,13-15H,1-3H3;9-11,14H,5-8H2,1-4H3;/q-1;;/b;12-9-;. The predicted molar refractivity (Wildman–Crippen MR) is 185 cm³/mol. The van der Waals surface area contributed by atoms with Gasteiger partial charge in [-0.1, -0.05) is 77.6 Å². The minimum atomic E-state index is 0. The number of ketones is 1. The molecule has 0 fully saturated rings. The van der Waals surface area contributed by atoms with Gasteiger partial charge in [-0.05, 0) is 54.7 Å². The number of aliphatic hydroxyl groups excluding tert-OH is 1. The van der Waals surface area contributed by atoms with Crippen LogP contribution in [0.3, 0.4) is 0 Å². The smallest absolute Gasteiger partial charge is 0.162 e. The monoisotopic (exact) mass is 799 g/mol. The second-order valence-electron chi connectivity index (χ2n) is 12.2. The second kappa shape index (κ2) is 16.4. The van der Waals surface area contributed by atoms with Gasteiger partial charge in [0.25, 0.3) is 0 Å². The number of benzene rings is 2. The maximum Gasteiger partial charge on any atom is 0.162 e. The molecule has 2 aromatic carbocycles. The molecule has 239 valence electrons. The van der Waals surface area contributed by atoms with Crippen LogP contribution in [0.25, 0.3) is 43.5 Å². The summed E-state index contributed by atoms with van der Waals surface area (Å²) < 4.78 is 0. The number of carbonyl (C=O) groups excluding carboxylic acids is 1. The third kappa shape index (κ3) is 8.72. The molecule has 0 saturated heterocycles. The van der Waals surface area contributed by atoms with E-state index >= 15 is 0 Å². The molecule has 0 unspecified atom stereocenters. The molecule has 5 aromatic rings. The van der Waals surface area contributed by atoms with E-state index < -0.39 is 0 Å². The SMILES string of the molecule is CC(C)(C)c1cc(-c2cc(-c3ccnc4sccc34)ncn2)[c-]c2ccccc12.CCC(CC)C(=O)/C=C(\O)C(CC)CC.[Ir]. The van der Waals surface area contributed by atoms with Crippen molar-refractivity contribution in [1.29, 1.82) is 0 Å². The molecule has 3 heterocycles. The molecule has 0 atom stereocenters. The van der Waals surface area contributed by atoms with E-state index in [2.05, 4.69) is 89.6 Å². The summed E-state index contributed by atoms with van der Waals surface area (Å²) in [4.78, 5) is 26.3. The van der Waals surface area contributed by atoms with Crippen molar-refractivity contribution in [2.24, 2.45) is 11.8 Å². The van der Waals surface area contributed by atoms with Gasteiger partial charge in [-0.15, -0.1) is 40.5 Å². The average molecular weight is 799 g/mol. The van der Waals surface area contributed by atoms with Crippen LogP contribution in [0.2, 0.25) is 0 Å². The summed E-state index contributed by atoms with van der Waals surface area (Å²) >= 11 is 1.64. The van der Waals surface area contributed by atoms with Crippen molar-refractivity contribution < 1.29 is 30.0 Å². The minimum absolute atomic E-state index is 0. The van der Waals surface area contributed by atoms with Gasteiger partial charge in [0.1, 0.15) is 11.2 Å². The fourth-order valence-corrected chi connectivity index (χ4v) is 6.28. The van der Waals surface area contributed by atoms with Crippen LogP contribution in [0, 0.1) is 17.9 Å². The Balaban J connectivity index is 0.000000297. The molecule has 0 aliphatic rings. The molecule has 1 N–H and O–H groups in total. The van der Waals surface area contributed by atoms with Crippen molar-refractivity contribution >= 4 is 38.1 Å². The van der Waals surface area contributed by atoms with Crippen LogP contribution in [0.1, 0.15) is 79.7 Å². The number of aromatic nitrogens is 3. The number of allylic oxidation sites excluding steroid dienone is 2. The first-order chi connectivity index (χ1) is 21.1. The van der Waals surface area contributed by atoms with Gasteiger partial charge >= 0.3 is 0 Å². The fraction of sp³-hybridized carbons (Fsp3) is 0.368. The van der Waals surface area contributed by atoms with Gasteiger partial charge in [-0.2, -0.15) is 0 Å². The number of carbonyl (C=O) groups is 1. The normalized spacial score (nSPS) is 11.9. The summed E-state index contributed by atoms with van der Waals surface area (Å²) in [5.41, 5.74) is 5.18. The molecule has 45 heavy (non-hydrogen) atoms. The van der Waals surface area contributed by atoms with Gasteiger partial charge < -0.3 is 5.11 Å². The molecule has 1 radical (unpaired) electrons. The Morgan fingerprint density at radius 3 is 2.22 bits per heavy atom. The fourth-order valence-electron chi connectivity index (χ4n) is 5.52. The molecular weight excluding hydrogens is 755 g/mol. The zero-order valence-electron chi connectivity index (χ0n) is 27.4. The van der Waals surface area contributed by atoms with Crippen LogP contribution in [-0.4, -0.2) is 25.8 Å². The second-order valence-corrected chi connectivity index (χ2v) is 13.1. The van der Waals surface area contributed by atoms with Gasteiger partial charge in [0, 0.05) is 60.9 Å². The maximum atomic E-state index is 11.7. The van der Waals surface area contributed by atoms with Crippen molar-refractivity contribution in [1.82, 2.24) is 15.0 Å². The van der Waals surface area contributed by atoms with Crippen LogP contribution in [0.5, 0.6) is 0 Å². The van der Waals surface area contributed by atoms with E-state index in [4.69, 9.17) is 0 Å². The van der Waals surface area contributed by atoms with Gasteiger partial charge in [0.05, 0.1) is 11.5 Å². The Morgan fingerprint density at radius 1 is 0.889 bits per heavy atom. The van der Waals surface area contributed by atoms with E-state index in [1.54, 1.807) is 17.7 Å². The van der Waals surface area contributed by atoms with Crippen molar-refractivity contribution in [3.63, 3.8) is 0 Å². The topological polar surface area (TPSA) is 76.0 Å². The zero-order valence-corrected chi connectivity index (χ0v) is 30.6. The Labute approximate surface area is 285 Å². The molecule has 5 rings (SSSR count). The average Bonchev–Trinajstić information content (AvgIpc) is 3.51. The van der Waals surface area contributed by atoms with Gasteiger partial charge in [-0.3, -0.25) is 9.78 Å². The van der Waals surface area contributed by atoms with Crippen LogP contribution < -0.4 is 0 Å².